The predicted molar refractivity (Wildman–Crippen MR) is 109 cm³/mol. The first-order valence-electron chi connectivity index (χ1n) is 9.86. The summed E-state index contributed by atoms with van der Waals surface area (Å²) in [6, 6.07) is 4.53. The molecule has 1 aliphatic heterocycles. The summed E-state index contributed by atoms with van der Waals surface area (Å²) in [4.78, 5) is 37.8. The number of fused-ring (bicyclic) bond motifs is 1. The van der Waals surface area contributed by atoms with Crippen molar-refractivity contribution in [1.82, 2.24) is 4.90 Å². The summed E-state index contributed by atoms with van der Waals surface area (Å²) in [5, 5.41) is 2.24. The molecule has 1 unspecified atom stereocenters. The maximum Gasteiger partial charge on any atom is 0.291 e. The van der Waals surface area contributed by atoms with Crippen LogP contribution < -0.4 is 16.8 Å². The number of nitrogens with zero attached hydrogens (tertiary/aromatic N) is 1. The highest BCUT2D eigenvalue weighted by atomic mass is 19.1. The number of benzene rings is 1. The third-order valence-electron chi connectivity index (χ3n) is 5.34. The van der Waals surface area contributed by atoms with E-state index in [0.717, 1.165) is 25.5 Å². The normalized spacial score (nSPS) is 16.9. The van der Waals surface area contributed by atoms with Crippen molar-refractivity contribution < 1.29 is 32.0 Å². The molecule has 3 heterocycles. The van der Waals surface area contributed by atoms with Gasteiger partial charge in [-0.2, -0.15) is 0 Å². The second-order valence-corrected chi connectivity index (χ2v) is 7.63. The topological polar surface area (TPSA) is 145 Å². The van der Waals surface area contributed by atoms with E-state index in [1.54, 1.807) is 6.07 Å². The summed E-state index contributed by atoms with van der Waals surface area (Å²) in [6.07, 6.45) is 1.55. The maximum atomic E-state index is 14.0. The van der Waals surface area contributed by atoms with Gasteiger partial charge < -0.3 is 25.6 Å². The highest BCUT2D eigenvalue weighted by Gasteiger charge is 2.26. The Kier molecular flexibility index (Phi) is 5.66. The molecule has 3 aromatic rings. The number of carbonyl (C=O) groups excluding carboxylic acids is 3. The van der Waals surface area contributed by atoms with E-state index in [1.807, 2.05) is 4.90 Å². The van der Waals surface area contributed by atoms with Gasteiger partial charge in [-0.1, -0.05) is 0 Å². The van der Waals surface area contributed by atoms with Crippen LogP contribution in [-0.4, -0.2) is 35.7 Å². The fraction of sp³-hybridized carbons (Fsp3) is 0.286. The van der Waals surface area contributed by atoms with Crippen LogP contribution in [0.25, 0.3) is 11.0 Å². The molecule has 2 aromatic heterocycles. The third-order valence-corrected chi connectivity index (χ3v) is 5.34. The first kappa shape index (κ1) is 21.5. The molecule has 11 heteroatoms. The largest absolute Gasteiger partial charge is 0.455 e. The molecule has 1 aromatic carbocycles. The van der Waals surface area contributed by atoms with Gasteiger partial charge in [0.05, 0.1) is 17.8 Å². The van der Waals surface area contributed by atoms with Crippen LogP contribution in [0.15, 0.2) is 33.1 Å². The molecule has 4 rings (SSSR count). The standard InChI is InChI=1S/C21H20F2N4O5/c22-11-6-13-16(18(20(25)29)32-17(13)14(23)7-11)26-21(30)15-4-3-12(31-15)9-27-5-1-2-10(8-27)19(24)28/h3-4,6-7,10H,1-2,5,8-9H2,(H2,24,28)(H2,25,29)(H,26,30). The number of rotatable bonds is 6. The fourth-order valence-corrected chi connectivity index (χ4v) is 3.83. The van der Waals surface area contributed by atoms with Crippen molar-refractivity contribution in [1.29, 1.82) is 0 Å². The lowest BCUT2D eigenvalue weighted by atomic mass is 9.97. The maximum absolute atomic E-state index is 14.0. The van der Waals surface area contributed by atoms with Crippen molar-refractivity contribution in [2.45, 2.75) is 19.4 Å². The van der Waals surface area contributed by atoms with Crippen molar-refractivity contribution in [3.05, 3.63) is 53.2 Å². The second kappa shape index (κ2) is 8.42. The summed E-state index contributed by atoms with van der Waals surface area (Å²) in [7, 11) is 0. The lowest BCUT2D eigenvalue weighted by molar-refractivity contribution is -0.123. The van der Waals surface area contributed by atoms with E-state index >= 15 is 0 Å². The Hall–Kier alpha value is -3.73. The first-order chi connectivity index (χ1) is 15.2. The number of nitrogens with two attached hydrogens (primary N) is 2. The minimum absolute atomic E-state index is 0.0925. The Bertz CT molecular complexity index is 1220. The molecule has 9 nitrogen and oxygen atoms in total. The smallest absolute Gasteiger partial charge is 0.291 e. The first-order valence-corrected chi connectivity index (χ1v) is 9.86. The number of primary amides is 2. The average Bonchev–Trinajstić information content (AvgIpc) is 3.34. The Morgan fingerprint density at radius 3 is 2.66 bits per heavy atom. The zero-order chi connectivity index (χ0) is 23.0. The molecule has 32 heavy (non-hydrogen) atoms. The number of amides is 3. The van der Waals surface area contributed by atoms with Gasteiger partial charge in [0.25, 0.3) is 11.8 Å². The number of hydrogen-bond donors (Lipinski definition) is 3. The van der Waals surface area contributed by atoms with Crippen LogP contribution in [-0.2, 0) is 11.3 Å². The quantitative estimate of drug-likeness (QED) is 0.530. The van der Waals surface area contributed by atoms with Gasteiger partial charge in [0.2, 0.25) is 11.7 Å². The van der Waals surface area contributed by atoms with Gasteiger partial charge in [0.15, 0.2) is 17.2 Å². The summed E-state index contributed by atoms with van der Waals surface area (Å²) in [5.74, 6) is -4.50. The Balaban J connectivity index is 1.54. The van der Waals surface area contributed by atoms with Gasteiger partial charge >= 0.3 is 0 Å². The Morgan fingerprint density at radius 2 is 1.94 bits per heavy atom. The summed E-state index contributed by atoms with van der Waals surface area (Å²) < 4.78 is 38.4. The SMILES string of the molecule is NC(=O)c1oc2c(F)cc(F)cc2c1NC(=O)c1ccc(CN2CCCC(C(N)=O)C2)o1. The van der Waals surface area contributed by atoms with Gasteiger partial charge in [0.1, 0.15) is 17.3 Å². The molecule has 1 fully saturated rings. The van der Waals surface area contributed by atoms with E-state index in [9.17, 15) is 23.2 Å². The van der Waals surface area contributed by atoms with E-state index in [0.29, 0.717) is 24.9 Å². The highest BCUT2D eigenvalue weighted by Crippen LogP contribution is 2.33. The van der Waals surface area contributed by atoms with Crippen molar-refractivity contribution in [2.75, 3.05) is 18.4 Å². The molecule has 0 bridgehead atoms. The lowest BCUT2D eigenvalue weighted by Crippen LogP contribution is -2.40. The molecule has 1 atom stereocenters. The van der Waals surface area contributed by atoms with Crippen molar-refractivity contribution in [3.8, 4) is 0 Å². The lowest BCUT2D eigenvalue weighted by Gasteiger charge is -2.30. The number of nitrogens with one attached hydrogen (secondary N) is 1. The van der Waals surface area contributed by atoms with E-state index in [-0.39, 0.29) is 28.7 Å². The molecule has 0 spiro atoms. The average molecular weight is 446 g/mol. The van der Waals surface area contributed by atoms with E-state index in [1.165, 1.54) is 6.07 Å². The second-order valence-electron chi connectivity index (χ2n) is 7.63. The van der Waals surface area contributed by atoms with Crippen LogP contribution in [0, 0.1) is 17.6 Å². The molecule has 1 saturated heterocycles. The molecule has 3 amide bonds. The fourth-order valence-electron chi connectivity index (χ4n) is 3.83. The minimum atomic E-state index is -1.06. The molecule has 0 radical (unpaired) electrons. The van der Waals surface area contributed by atoms with E-state index in [2.05, 4.69) is 5.32 Å². The molecule has 0 saturated carbocycles. The van der Waals surface area contributed by atoms with E-state index < -0.39 is 34.8 Å². The minimum Gasteiger partial charge on any atom is -0.455 e. The van der Waals surface area contributed by atoms with Gasteiger partial charge in [-0.25, -0.2) is 8.78 Å². The number of halogens is 2. The number of hydrogen-bond acceptors (Lipinski definition) is 6. The summed E-state index contributed by atoms with van der Waals surface area (Å²) >= 11 is 0. The van der Waals surface area contributed by atoms with Crippen molar-refractivity contribution in [2.24, 2.45) is 17.4 Å². The van der Waals surface area contributed by atoms with Crippen LogP contribution in [0.4, 0.5) is 14.5 Å². The van der Waals surface area contributed by atoms with Crippen LogP contribution in [0.3, 0.4) is 0 Å². The van der Waals surface area contributed by atoms with Crippen molar-refractivity contribution >= 4 is 34.4 Å². The van der Waals surface area contributed by atoms with E-state index in [4.69, 9.17) is 20.3 Å². The van der Waals surface area contributed by atoms with Crippen molar-refractivity contribution in [3.63, 3.8) is 0 Å². The molecule has 168 valence electrons. The highest BCUT2D eigenvalue weighted by molar-refractivity contribution is 6.13. The third kappa shape index (κ3) is 4.19. The van der Waals surface area contributed by atoms with Crippen LogP contribution in [0.1, 0.15) is 39.7 Å². The summed E-state index contributed by atoms with van der Waals surface area (Å²) in [5.41, 5.74) is 9.99. The molecular weight excluding hydrogens is 426 g/mol. The van der Waals surface area contributed by atoms with Gasteiger partial charge in [-0.15, -0.1) is 0 Å². The Labute approximate surface area is 180 Å². The molecule has 0 aliphatic carbocycles. The van der Waals surface area contributed by atoms with Gasteiger partial charge in [-0.3, -0.25) is 19.3 Å². The molecule has 5 N–H and O–H groups in total. The van der Waals surface area contributed by atoms with Gasteiger partial charge in [0, 0.05) is 12.6 Å². The summed E-state index contributed by atoms with van der Waals surface area (Å²) in [6.45, 7) is 1.62. The number of likely N-dealkylation sites (tertiary alicyclic amines) is 1. The van der Waals surface area contributed by atoms with Gasteiger partial charge in [-0.05, 0) is 37.6 Å². The molecular formula is C21H20F2N4O5. The monoisotopic (exact) mass is 446 g/mol. The zero-order valence-corrected chi connectivity index (χ0v) is 16.8. The number of carbonyl (C=O) groups is 3. The molecule has 1 aliphatic rings. The number of piperidine rings is 1. The zero-order valence-electron chi connectivity index (χ0n) is 16.8. The van der Waals surface area contributed by atoms with Crippen LogP contribution in [0.5, 0.6) is 0 Å². The number of furan rings is 2. The van der Waals surface area contributed by atoms with Crippen LogP contribution >= 0.6 is 0 Å². The predicted octanol–water partition coefficient (Wildman–Crippen LogP) is 2.35. The number of anilines is 1. The van der Waals surface area contributed by atoms with Crippen LogP contribution in [0.2, 0.25) is 0 Å². The Morgan fingerprint density at radius 1 is 1.16 bits per heavy atom.